The van der Waals surface area contributed by atoms with Crippen molar-refractivity contribution in [2.75, 3.05) is 33.5 Å². The largest absolute Gasteiger partial charge is 0.496 e. The zero-order chi connectivity index (χ0) is 15.5. The molecule has 0 unspecified atom stereocenters. The number of carbonyl (C=O) groups excluding carboxylic acids is 2. The minimum Gasteiger partial charge on any atom is -0.496 e. The Labute approximate surface area is 124 Å². The fourth-order valence-electron chi connectivity index (χ4n) is 1.67. The molecule has 0 saturated heterocycles. The fraction of sp³-hybridized carbons (Fsp3) is 0.467. The third kappa shape index (κ3) is 6.76. The average Bonchev–Trinajstić information content (AvgIpc) is 2.51. The summed E-state index contributed by atoms with van der Waals surface area (Å²) in [6.45, 7) is 2.23. The summed E-state index contributed by atoms with van der Waals surface area (Å²) in [5, 5.41) is 2.68. The Kier molecular flexibility index (Phi) is 7.89. The Morgan fingerprint density at radius 1 is 1.19 bits per heavy atom. The van der Waals surface area contributed by atoms with Crippen molar-refractivity contribution in [3.63, 3.8) is 0 Å². The zero-order valence-corrected chi connectivity index (χ0v) is 12.4. The quantitative estimate of drug-likeness (QED) is 0.686. The number of esters is 1. The molecule has 1 amide bonds. The first-order valence-electron chi connectivity index (χ1n) is 6.79. The first-order valence-corrected chi connectivity index (χ1v) is 6.79. The van der Waals surface area contributed by atoms with Crippen molar-refractivity contribution >= 4 is 11.9 Å². The first kappa shape index (κ1) is 17.0. The van der Waals surface area contributed by atoms with Gasteiger partial charge in [0.1, 0.15) is 12.4 Å². The minimum absolute atomic E-state index is 0.134. The van der Waals surface area contributed by atoms with Crippen molar-refractivity contribution in [2.24, 2.45) is 0 Å². The summed E-state index contributed by atoms with van der Waals surface area (Å²) in [6.07, 6.45) is 0.642. The molecule has 0 aromatic heterocycles. The number of nitrogens with one attached hydrogen (secondary N) is 1. The number of methoxy groups -OCH3 is 1. The third-order valence-corrected chi connectivity index (χ3v) is 2.70. The number of benzene rings is 1. The minimum atomic E-state index is -0.545. The predicted molar refractivity (Wildman–Crippen MR) is 77.2 cm³/mol. The molecule has 116 valence electrons. The molecule has 0 heterocycles. The summed E-state index contributed by atoms with van der Waals surface area (Å²) < 4.78 is 14.8. The van der Waals surface area contributed by atoms with E-state index in [0.29, 0.717) is 19.6 Å². The topological polar surface area (TPSA) is 73.9 Å². The van der Waals surface area contributed by atoms with E-state index in [1.54, 1.807) is 14.0 Å². The second-order valence-corrected chi connectivity index (χ2v) is 4.21. The third-order valence-electron chi connectivity index (χ3n) is 2.70. The van der Waals surface area contributed by atoms with Crippen LogP contribution in [0.15, 0.2) is 24.3 Å². The number of hydrogen-bond acceptors (Lipinski definition) is 5. The Morgan fingerprint density at radius 2 is 1.95 bits per heavy atom. The van der Waals surface area contributed by atoms with E-state index in [1.165, 1.54) is 0 Å². The lowest BCUT2D eigenvalue weighted by Crippen LogP contribution is -2.31. The van der Waals surface area contributed by atoms with Gasteiger partial charge in [-0.3, -0.25) is 4.79 Å². The van der Waals surface area contributed by atoms with E-state index in [0.717, 1.165) is 11.3 Å². The smallest absolute Gasteiger partial charge is 0.332 e. The van der Waals surface area contributed by atoms with Crippen molar-refractivity contribution in [3.8, 4) is 5.75 Å². The van der Waals surface area contributed by atoms with Crippen molar-refractivity contribution in [3.05, 3.63) is 29.8 Å². The molecule has 21 heavy (non-hydrogen) atoms. The van der Waals surface area contributed by atoms with Gasteiger partial charge in [-0.15, -0.1) is 0 Å². The zero-order valence-electron chi connectivity index (χ0n) is 12.4. The van der Waals surface area contributed by atoms with E-state index in [9.17, 15) is 9.59 Å². The van der Waals surface area contributed by atoms with Crippen molar-refractivity contribution < 1.29 is 23.8 Å². The van der Waals surface area contributed by atoms with Crippen molar-refractivity contribution in [2.45, 2.75) is 13.3 Å². The molecule has 1 aromatic carbocycles. The molecule has 0 aliphatic carbocycles. The van der Waals surface area contributed by atoms with Crippen LogP contribution >= 0.6 is 0 Å². The lowest BCUT2D eigenvalue weighted by Gasteiger charge is -2.09. The van der Waals surface area contributed by atoms with E-state index >= 15 is 0 Å². The van der Waals surface area contributed by atoms with E-state index in [-0.39, 0.29) is 19.1 Å². The fourth-order valence-corrected chi connectivity index (χ4v) is 1.67. The van der Waals surface area contributed by atoms with Gasteiger partial charge in [0.15, 0.2) is 6.61 Å². The monoisotopic (exact) mass is 295 g/mol. The van der Waals surface area contributed by atoms with Crippen LogP contribution in [0, 0.1) is 0 Å². The summed E-state index contributed by atoms with van der Waals surface area (Å²) >= 11 is 0. The lowest BCUT2D eigenvalue weighted by atomic mass is 10.1. The van der Waals surface area contributed by atoms with Crippen LogP contribution in [0.1, 0.15) is 12.5 Å². The number of ether oxygens (including phenoxy) is 3. The Morgan fingerprint density at radius 3 is 2.67 bits per heavy atom. The lowest BCUT2D eigenvalue weighted by molar-refractivity contribution is -0.152. The van der Waals surface area contributed by atoms with Crippen LogP contribution in [0.3, 0.4) is 0 Å². The maximum Gasteiger partial charge on any atom is 0.332 e. The van der Waals surface area contributed by atoms with Crippen molar-refractivity contribution in [1.29, 1.82) is 0 Å². The number of hydrogen-bond donors (Lipinski definition) is 1. The van der Waals surface area contributed by atoms with Gasteiger partial charge >= 0.3 is 5.97 Å². The molecule has 0 aliphatic rings. The molecule has 1 rings (SSSR count). The molecule has 0 fully saturated rings. The van der Waals surface area contributed by atoms with Crippen LogP contribution < -0.4 is 10.1 Å². The summed E-state index contributed by atoms with van der Waals surface area (Å²) in [7, 11) is 1.61. The van der Waals surface area contributed by atoms with Crippen LogP contribution in [-0.2, 0) is 25.5 Å². The maximum absolute atomic E-state index is 11.5. The van der Waals surface area contributed by atoms with E-state index < -0.39 is 5.97 Å². The maximum atomic E-state index is 11.5. The van der Waals surface area contributed by atoms with Gasteiger partial charge in [0.25, 0.3) is 5.91 Å². The van der Waals surface area contributed by atoms with E-state index in [2.05, 4.69) is 5.32 Å². The van der Waals surface area contributed by atoms with E-state index in [4.69, 9.17) is 14.2 Å². The molecule has 6 nitrogen and oxygen atoms in total. The SMILES string of the molecule is CCOCC(=O)OCC(=O)NCCc1ccccc1OC. The van der Waals surface area contributed by atoms with Gasteiger partial charge in [-0.2, -0.15) is 0 Å². The summed E-state index contributed by atoms with van der Waals surface area (Å²) in [4.78, 5) is 22.6. The molecule has 0 aliphatic heterocycles. The standard InChI is InChI=1S/C15H21NO5/c1-3-20-11-15(18)21-10-14(17)16-9-8-12-6-4-5-7-13(12)19-2/h4-7H,3,8-11H2,1-2H3,(H,16,17). The van der Waals surface area contributed by atoms with Crippen molar-refractivity contribution in [1.82, 2.24) is 5.32 Å². The van der Waals surface area contributed by atoms with Gasteiger partial charge in [-0.25, -0.2) is 4.79 Å². The highest BCUT2D eigenvalue weighted by molar-refractivity contribution is 5.80. The Bertz CT molecular complexity index is 461. The normalized spacial score (nSPS) is 10.0. The molecule has 6 heteroatoms. The van der Waals surface area contributed by atoms with Gasteiger partial charge in [-0.05, 0) is 25.0 Å². The first-order chi connectivity index (χ1) is 10.2. The molecule has 0 spiro atoms. The molecule has 0 atom stereocenters. The van der Waals surface area contributed by atoms with Crippen LogP contribution in [0.2, 0.25) is 0 Å². The molecule has 0 radical (unpaired) electrons. The van der Waals surface area contributed by atoms with Crippen LogP contribution in [0.25, 0.3) is 0 Å². The van der Waals surface area contributed by atoms with Gasteiger partial charge < -0.3 is 19.5 Å². The number of amides is 1. The number of para-hydroxylation sites is 1. The second-order valence-electron chi connectivity index (χ2n) is 4.21. The summed E-state index contributed by atoms with van der Waals surface area (Å²) in [5.41, 5.74) is 1.01. The van der Waals surface area contributed by atoms with Gasteiger partial charge in [0.2, 0.25) is 0 Å². The highest BCUT2D eigenvalue weighted by Gasteiger charge is 2.07. The van der Waals surface area contributed by atoms with Crippen LogP contribution in [-0.4, -0.2) is 45.4 Å². The van der Waals surface area contributed by atoms with Crippen LogP contribution in [0.5, 0.6) is 5.75 Å². The molecule has 1 N–H and O–H groups in total. The average molecular weight is 295 g/mol. The van der Waals surface area contributed by atoms with Gasteiger partial charge in [-0.1, -0.05) is 18.2 Å². The molecular weight excluding hydrogens is 274 g/mol. The Balaban J connectivity index is 2.23. The van der Waals surface area contributed by atoms with Gasteiger partial charge in [0.05, 0.1) is 7.11 Å². The highest BCUT2D eigenvalue weighted by atomic mass is 16.6. The number of carbonyl (C=O) groups is 2. The van der Waals surface area contributed by atoms with Crippen LogP contribution in [0.4, 0.5) is 0 Å². The molecule has 0 bridgehead atoms. The second kappa shape index (κ2) is 9.77. The Hall–Kier alpha value is -2.08. The molecular formula is C15H21NO5. The molecule has 1 aromatic rings. The van der Waals surface area contributed by atoms with Gasteiger partial charge in [0, 0.05) is 13.2 Å². The number of rotatable bonds is 9. The highest BCUT2D eigenvalue weighted by Crippen LogP contribution is 2.17. The van der Waals surface area contributed by atoms with E-state index in [1.807, 2.05) is 24.3 Å². The molecule has 0 saturated carbocycles. The summed E-state index contributed by atoms with van der Waals surface area (Å²) in [6, 6.07) is 7.60. The summed E-state index contributed by atoms with van der Waals surface area (Å²) in [5.74, 6) is -0.0960. The predicted octanol–water partition coefficient (Wildman–Crippen LogP) is 0.934.